The van der Waals surface area contributed by atoms with Crippen LogP contribution in [0.25, 0.3) is 5.69 Å². The molecular weight excluding hydrogens is 434 g/mol. The van der Waals surface area contributed by atoms with Crippen LogP contribution in [0.5, 0.6) is 5.75 Å². The van der Waals surface area contributed by atoms with Crippen LogP contribution in [-0.4, -0.2) is 27.7 Å². The van der Waals surface area contributed by atoms with E-state index in [0.29, 0.717) is 33.9 Å². The van der Waals surface area contributed by atoms with Gasteiger partial charge in [0.05, 0.1) is 5.69 Å². The average molecular weight is 474 g/mol. The molecule has 1 heterocycles. The summed E-state index contributed by atoms with van der Waals surface area (Å²) in [5, 5.41) is 6.43. The molecule has 0 aliphatic carbocycles. The largest absolute Gasteiger partial charge is 0.457 e. The monoisotopic (exact) mass is 473 g/mol. The van der Waals surface area contributed by atoms with E-state index in [0.717, 1.165) is 4.68 Å². The third kappa shape index (κ3) is 8.38. The number of nitrogens with zero attached hydrogens (tertiary/aromatic N) is 2. The molecule has 9 nitrogen and oxygen atoms in total. The number of carbonyl (C=O) groups is 1. The highest BCUT2D eigenvalue weighted by Crippen LogP contribution is 2.28. The Labute approximate surface area is 201 Å². The molecule has 2 aromatic rings. The van der Waals surface area contributed by atoms with Crippen molar-refractivity contribution in [1.82, 2.24) is 20.1 Å². The van der Waals surface area contributed by atoms with Gasteiger partial charge in [0.1, 0.15) is 11.5 Å². The zero-order chi connectivity index (χ0) is 26.6. The SMILES string of the molecule is C=C(/C=C(\C(=O)NC)C(C)C)Oc1c(C)cc(-n2nc(N)c(=O)[nH]c2=O)cc1C.CC.CCC. The summed E-state index contributed by atoms with van der Waals surface area (Å²) in [5.41, 5.74) is 6.47. The summed E-state index contributed by atoms with van der Waals surface area (Å²) in [7, 11) is 1.56. The van der Waals surface area contributed by atoms with Gasteiger partial charge in [0.2, 0.25) is 11.7 Å². The summed E-state index contributed by atoms with van der Waals surface area (Å²) in [6.07, 6.45) is 2.85. The number of hydrogen-bond donors (Lipinski definition) is 3. The number of allylic oxidation sites excluding steroid dienone is 1. The Morgan fingerprint density at radius 1 is 1.24 bits per heavy atom. The first-order valence-corrected chi connectivity index (χ1v) is 11.4. The molecule has 9 heteroatoms. The number of aromatic amines is 1. The lowest BCUT2D eigenvalue weighted by atomic mass is 10.0. The molecule has 0 fully saturated rings. The molecule has 0 radical (unpaired) electrons. The number of likely N-dealkylation sites (N-methyl/N-ethyl adjacent to an activating group) is 1. The maximum atomic E-state index is 12.1. The lowest BCUT2D eigenvalue weighted by Gasteiger charge is -2.16. The van der Waals surface area contributed by atoms with Crippen LogP contribution in [0, 0.1) is 19.8 Å². The van der Waals surface area contributed by atoms with Crippen LogP contribution in [-0.2, 0) is 4.79 Å². The predicted molar refractivity (Wildman–Crippen MR) is 138 cm³/mol. The molecule has 34 heavy (non-hydrogen) atoms. The molecule has 0 bridgehead atoms. The van der Waals surface area contributed by atoms with Crippen molar-refractivity contribution >= 4 is 11.7 Å². The van der Waals surface area contributed by atoms with E-state index >= 15 is 0 Å². The van der Waals surface area contributed by atoms with Crippen molar-refractivity contribution < 1.29 is 9.53 Å². The van der Waals surface area contributed by atoms with Gasteiger partial charge in [-0.1, -0.05) is 54.5 Å². The van der Waals surface area contributed by atoms with Crippen LogP contribution in [0.1, 0.15) is 59.1 Å². The zero-order valence-corrected chi connectivity index (χ0v) is 21.8. The Morgan fingerprint density at radius 2 is 1.74 bits per heavy atom. The molecule has 2 rings (SSSR count). The molecule has 0 unspecified atom stereocenters. The molecule has 0 spiro atoms. The van der Waals surface area contributed by atoms with Gasteiger partial charge >= 0.3 is 5.69 Å². The van der Waals surface area contributed by atoms with Crippen molar-refractivity contribution in [2.45, 2.75) is 61.8 Å². The van der Waals surface area contributed by atoms with E-state index in [1.165, 1.54) is 6.42 Å². The number of rotatable bonds is 6. The van der Waals surface area contributed by atoms with E-state index in [2.05, 4.69) is 35.8 Å². The molecule has 0 saturated heterocycles. The lowest BCUT2D eigenvalue weighted by molar-refractivity contribution is -0.117. The minimum atomic E-state index is -0.736. The third-order valence-electron chi connectivity index (χ3n) is 4.20. The average Bonchev–Trinajstić information content (AvgIpc) is 2.78. The molecule has 1 amide bonds. The molecule has 188 valence electrons. The fourth-order valence-electron chi connectivity index (χ4n) is 2.77. The van der Waals surface area contributed by atoms with Gasteiger partial charge in [0.25, 0.3) is 5.56 Å². The minimum Gasteiger partial charge on any atom is -0.457 e. The molecule has 0 aliphatic rings. The standard InChI is InChI=1S/C20H25N5O4.C3H8.C2H6/c1-10(2)15(18(26)22-6)9-13(5)29-16-11(3)7-14(8-12(16)4)25-20(28)23-19(27)17(21)24-25;1-3-2;1-2/h7-10H,5H2,1-4,6H3,(H2,21,24)(H,22,26)(H,23,27,28);3H2,1-2H3;1-2H3/b15-9-;;. The summed E-state index contributed by atoms with van der Waals surface area (Å²) in [4.78, 5) is 37.6. The number of anilines is 1. The van der Waals surface area contributed by atoms with E-state index in [1.807, 2.05) is 27.7 Å². The van der Waals surface area contributed by atoms with Crippen LogP contribution >= 0.6 is 0 Å². The van der Waals surface area contributed by atoms with Gasteiger partial charge in [0, 0.05) is 12.6 Å². The maximum absolute atomic E-state index is 12.1. The number of H-pyrrole nitrogens is 1. The van der Waals surface area contributed by atoms with Crippen LogP contribution in [0.4, 0.5) is 5.82 Å². The number of carbonyl (C=O) groups excluding carboxylic acids is 1. The molecule has 0 aliphatic heterocycles. The summed E-state index contributed by atoms with van der Waals surface area (Å²) >= 11 is 0. The molecule has 0 saturated carbocycles. The first kappa shape index (κ1) is 30.4. The highest BCUT2D eigenvalue weighted by atomic mass is 16.5. The Morgan fingerprint density at radius 3 is 2.18 bits per heavy atom. The number of hydrogen-bond acceptors (Lipinski definition) is 6. The van der Waals surface area contributed by atoms with Gasteiger partial charge in [-0.15, -0.1) is 5.10 Å². The number of aromatic nitrogens is 3. The van der Waals surface area contributed by atoms with Gasteiger partial charge in [-0.3, -0.25) is 14.6 Å². The van der Waals surface area contributed by atoms with E-state index < -0.39 is 11.2 Å². The first-order chi connectivity index (χ1) is 16.0. The zero-order valence-electron chi connectivity index (χ0n) is 21.8. The van der Waals surface area contributed by atoms with Crippen LogP contribution in [0.2, 0.25) is 0 Å². The van der Waals surface area contributed by atoms with Crippen molar-refractivity contribution in [2.24, 2.45) is 5.92 Å². The van der Waals surface area contributed by atoms with Gasteiger partial charge in [-0.2, -0.15) is 4.68 Å². The molecule has 1 aromatic carbocycles. The van der Waals surface area contributed by atoms with Crippen molar-refractivity contribution in [2.75, 3.05) is 12.8 Å². The van der Waals surface area contributed by atoms with E-state index in [4.69, 9.17) is 10.5 Å². The van der Waals surface area contributed by atoms with Crippen LogP contribution in [0.15, 0.2) is 45.7 Å². The number of aryl methyl sites for hydroxylation is 2. The summed E-state index contributed by atoms with van der Waals surface area (Å²) < 4.78 is 6.89. The highest BCUT2D eigenvalue weighted by Gasteiger charge is 2.15. The second-order valence-electron chi connectivity index (χ2n) is 7.57. The van der Waals surface area contributed by atoms with Crippen molar-refractivity contribution in [3.63, 3.8) is 0 Å². The molecule has 0 atom stereocenters. The molecule has 4 N–H and O–H groups in total. The molecule has 1 aromatic heterocycles. The Bertz CT molecular complexity index is 1100. The van der Waals surface area contributed by atoms with Gasteiger partial charge < -0.3 is 15.8 Å². The minimum absolute atomic E-state index is 0.0106. The van der Waals surface area contributed by atoms with Gasteiger partial charge in [0.15, 0.2) is 0 Å². The van der Waals surface area contributed by atoms with Crippen molar-refractivity contribution in [3.8, 4) is 11.4 Å². The topological polar surface area (TPSA) is 132 Å². The first-order valence-electron chi connectivity index (χ1n) is 11.4. The number of ether oxygens (including phenoxy) is 1. The number of benzene rings is 1. The number of nitrogens with one attached hydrogen (secondary N) is 2. The van der Waals surface area contributed by atoms with Gasteiger partial charge in [-0.25, -0.2) is 4.79 Å². The summed E-state index contributed by atoms with van der Waals surface area (Å²) in [6, 6.07) is 3.35. The fourth-order valence-corrected chi connectivity index (χ4v) is 2.77. The number of nitrogens with two attached hydrogens (primary N) is 1. The Kier molecular flexibility index (Phi) is 13.0. The van der Waals surface area contributed by atoms with Crippen LogP contribution < -0.4 is 27.0 Å². The second kappa shape index (κ2) is 14.5. The quantitative estimate of drug-likeness (QED) is 0.332. The fraction of sp³-hybridized carbons (Fsp3) is 0.440. The third-order valence-corrected chi connectivity index (χ3v) is 4.20. The smallest absolute Gasteiger partial charge is 0.349 e. The number of nitrogen functional groups attached to an aromatic ring is 1. The van der Waals surface area contributed by atoms with E-state index in [9.17, 15) is 14.4 Å². The lowest BCUT2D eigenvalue weighted by Crippen LogP contribution is -2.33. The maximum Gasteiger partial charge on any atom is 0.349 e. The van der Waals surface area contributed by atoms with Crippen molar-refractivity contribution in [3.05, 3.63) is 68.1 Å². The van der Waals surface area contributed by atoms with Crippen molar-refractivity contribution in [1.29, 1.82) is 0 Å². The van der Waals surface area contributed by atoms with E-state index in [-0.39, 0.29) is 17.6 Å². The summed E-state index contributed by atoms with van der Waals surface area (Å²) in [6.45, 7) is 19.5. The van der Waals surface area contributed by atoms with Crippen LogP contribution in [0.3, 0.4) is 0 Å². The van der Waals surface area contributed by atoms with Gasteiger partial charge in [-0.05, 0) is 49.1 Å². The predicted octanol–water partition coefficient (Wildman–Crippen LogP) is 3.78. The summed E-state index contributed by atoms with van der Waals surface area (Å²) in [5.74, 6) is 0.326. The van der Waals surface area contributed by atoms with E-state index in [1.54, 1.807) is 39.1 Å². The molecular formula is C25H39N5O4. The Balaban J connectivity index is 0.00000201. The normalized spacial score (nSPS) is 10.5. The highest BCUT2D eigenvalue weighted by molar-refractivity contribution is 5.94. The second-order valence-corrected chi connectivity index (χ2v) is 7.57. The number of amides is 1. The Hall–Kier alpha value is -3.62.